The van der Waals surface area contributed by atoms with Crippen LogP contribution in [-0.2, 0) is 5.41 Å². The molecule has 4 nitrogen and oxygen atoms in total. The predicted molar refractivity (Wildman–Crippen MR) is 77.2 cm³/mol. The molecule has 0 amide bonds. The van der Waals surface area contributed by atoms with Crippen molar-refractivity contribution in [2.45, 2.75) is 31.1 Å². The van der Waals surface area contributed by atoms with Gasteiger partial charge in [-0.15, -0.1) is 16.9 Å². The lowest BCUT2D eigenvalue weighted by Gasteiger charge is -2.20. The van der Waals surface area contributed by atoms with Crippen molar-refractivity contribution in [2.24, 2.45) is 0 Å². The molecule has 0 atom stereocenters. The van der Waals surface area contributed by atoms with E-state index in [0.717, 1.165) is 22.6 Å². The van der Waals surface area contributed by atoms with Crippen LogP contribution in [0, 0.1) is 0 Å². The molecule has 0 aliphatic rings. The van der Waals surface area contributed by atoms with Crippen LogP contribution in [0.4, 0.5) is 0 Å². The molecule has 0 radical (unpaired) electrons. The first kappa shape index (κ1) is 13.8. The third kappa shape index (κ3) is 2.71. The van der Waals surface area contributed by atoms with Crippen molar-refractivity contribution in [1.82, 2.24) is 15.0 Å². The Morgan fingerprint density at radius 2 is 2.05 bits per heavy atom. The van der Waals surface area contributed by atoms with Crippen LogP contribution in [0.15, 0.2) is 29.2 Å². The van der Waals surface area contributed by atoms with Crippen molar-refractivity contribution >= 4 is 18.0 Å². The van der Waals surface area contributed by atoms with Gasteiger partial charge in [0, 0.05) is 10.3 Å². The smallest absolute Gasteiger partial charge is 0.172 e. The van der Waals surface area contributed by atoms with Gasteiger partial charge in [-0.25, -0.2) is 4.68 Å². The van der Waals surface area contributed by atoms with Crippen molar-refractivity contribution in [3.8, 4) is 5.69 Å². The first-order valence-electron chi connectivity index (χ1n) is 6.03. The molecule has 19 heavy (non-hydrogen) atoms. The Bertz CT molecular complexity index is 599. The topological polar surface area (TPSA) is 47.8 Å². The summed E-state index contributed by atoms with van der Waals surface area (Å²) in [5, 5.41) is 8.10. The van der Waals surface area contributed by atoms with E-state index in [1.807, 2.05) is 51.3 Å². The highest BCUT2D eigenvalue weighted by molar-refractivity contribution is 7.98. The van der Waals surface area contributed by atoms with Gasteiger partial charge in [0.15, 0.2) is 6.29 Å². The largest absolute Gasteiger partial charge is 0.296 e. The van der Waals surface area contributed by atoms with Crippen molar-refractivity contribution in [1.29, 1.82) is 0 Å². The Kier molecular flexibility index (Phi) is 3.75. The quantitative estimate of drug-likeness (QED) is 0.638. The third-order valence-corrected chi connectivity index (χ3v) is 3.54. The fraction of sp³-hybridized carbons (Fsp3) is 0.357. The Morgan fingerprint density at radius 1 is 1.32 bits per heavy atom. The van der Waals surface area contributed by atoms with E-state index in [2.05, 4.69) is 10.3 Å². The van der Waals surface area contributed by atoms with Crippen LogP contribution in [0.3, 0.4) is 0 Å². The number of aldehydes is 1. The molecule has 0 N–H and O–H groups in total. The van der Waals surface area contributed by atoms with Crippen LogP contribution in [0.25, 0.3) is 5.69 Å². The second-order valence-corrected chi connectivity index (χ2v) is 6.18. The summed E-state index contributed by atoms with van der Waals surface area (Å²) in [6.45, 7) is 6.15. The summed E-state index contributed by atoms with van der Waals surface area (Å²) >= 11 is 1.67. The van der Waals surface area contributed by atoms with E-state index in [0.29, 0.717) is 5.69 Å². The summed E-state index contributed by atoms with van der Waals surface area (Å²) in [6, 6.07) is 8.04. The number of carbonyl (C=O) groups excluding carboxylic acids is 1. The zero-order valence-electron chi connectivity index (χ0n) is 11.5. The van der Waals surface area contributed by atoms with Crippen molar-refractivity contribution in [3.05, 3.63) is 35.7 Å². The van der Waals surface area contributed by atoms with Gasteiger partial charge in [-0.1, -0.05) is 32.1 Å². The molecule has 0 spiro atoms. The lowest BCUT2D eigenvalue weighted by atomic mass is 9.90. The molecule has 5 heteroatoms. The summed E-state index contributed by atoms with van der Waals surface area (Å²) in [4.78, 5) is 12.3. The SMILES string of the molecule is CSc1cccc(-n2nnc(C=O)c2C(C)(C)C)c1. The molecule has 0 saturated heterocycles. The van der Waals surface area contributed by atoms with E-state index < -0.39 is 0 Å². The van der Waals surface area contributed by atoms with Crippen molar-refractivity contribution in [2.75, 3.05) is 6.26 Å². The molecule has 0 unspecified atom stereocenters. The molecular formula is C14H17N3OS. The zero-order valence-corrected chi connectivity index (χ0v) is 12.4. The second kappa shape index (κ2) is 5.17. The number of benzene rings is 1. The number of hydrogen-bond acceptors (Lipinski definition) is 4. The minimum absolute atomic E-state index is 0.199. The Balaban J connectivity index is 2.62. The first-order chi connectivity index (χ1) is 8.97. The van der Waals surface area contributed by atoms with E-state index in [-0.39, 0.29) is 5.41 Å². The number of rotatable bonds is 3. The summed E-state index contributed by atoms with van der Waals surface area (Å²) in [5.74, 6) is 0. The van der Waals surface area contributed by atoms with Gasteiger partial charge in [0.25, 0.3) is 0 Å². The molecule has 0 fully saturated rings. The third-order valence-electron chi connectivity index (χ3n) is 2.82. The number of thioether (sulfide) groups is 1. The van der Waals surface area contributed by atoms with Crippen molar-refractivity contribution < 1.29 is 4.79 Å². The fourth-order valence-electron chi connectivity index (χ4n) is 2.00. The highest BCUT2D eigenvalue weighted by Crippen LogP contribution is 2.27. The highest BCUT2D eigenvalue weighted by Gasteiger charge is 2.25. The number of aromatic nitrogens is 3. The van der Waals surface area contributed by atoms with Gasteiger partial charge in [0.05, 0.1) is 11.4 Å². The molecule has 100 valence electrons. The van der Waals surface area contributed by atoms with Gasteiger partial charge in [-0.05, 0) is 24.5 Å². The summed E-state index contributed by atoms with van der Waals surface area (Å²) in [5.41, 5.74) is 1.97. The standard InChI is InChI=1S/C14H17N3OS/c1-14(2,3)13-12(9-18)15-16-17(13)10-6-5-7-11(8-10)19-4/h5-9H,1-4H3. The lowest BCUT2D eigenvalue weighted by molar-refractivity contribution is 0.111. The lowest BCUT2D eigenvalue weighted by Crippen LogP contribution is -2.19. The van der Waals surface area contributed by atoms with E-state index in [9.17, 15) is 4.79 Å². The minimum Gasteiger partial charge on any atom is -0.296 e. The van der Waals surface area contributed by atoms with Gasteiger partial charge in [0.1, 0.15) is 5.69 Å². The molecule has 1 aromatic heterocycles. The van der Waals surface area contributed by atoms with Crippen LogP contribution in [-0.4, -0.2) is 27.5 Å². The van der Waals surface area contributed by atoms with Crippen LogP contribution >= 0.6 is 11.8 Å². The average Bonchev–Trinajstić information content (AvgIpc) is 2.82. The van der Waals surface area contributed by atoms with Crippen molar-refractivity contribution in [3.63, 3.8) is 0 Å². The highest BCUT2D eigenvalue weighted by atomic mass is 32.2. The molecule has 2 rings (SSSR count). The van der Waals surface area contributed by atoms with E-state index in [1.165, 1.54) is 0 Å². The van der Waals surface area contributed by atoms with E-state index in [4.69, 9.17) is 0 Å². The van der Waals surface area contributed by atoms with Crippen LogP contribution in [0.1, 0.15) is 37.0 Å². The Labute approximate surface area is 117 Å². The summed E-state index contributed by atoms with van der Waals surface area (Å²) in [6.07, 6.45) is 2.80. The molecule has 0 aliphatic carbocycles. The summed E-state index contributed by atoms with van der Waals surface area (Å²) in [7, 11) is 0. The normalized spacial score (nSPS) is 11.6. The monoisotopic (exact) mass is 275 g/mol. The molecule has 2 aromatic rings. The van der Waals surface area contributed by atoms with Crippen LogP contribution in [0.2, 0.25) is 0 Å². The molecule has 0 aliphatic heterocycles. The van der Waals surface area contributed by atoms with Gasteiger partial charge in [-0.3, -0.25) is 4.79 Å². The van der Waals surface area contributed by atoms with Crippen LogP contribution < -0.4 is 0 Å². The maximum Gasteiger partial charge on any atom is 0.172 e. The predicted octanol–water partition coefficient (Wildman–Crippen LogP) is 3.10. The summed E-state index contributed by atoms with van der Waals surface area (Å²) < 4.78 is 1.75. The van der Waals surface area contributed by atoms with E-state index in [1.54, 1.807) is 16.4 Å². The molecule has 0 saturated carbocycles. The van der Waals surface area contributed by atoms with E-state index >= 15 is 0 Å². The first-order valence-corrected chi connectivity index (χ1v) is 7.25. The molecular weight excluding hydrogens is 258 g/mol. The zero-order chi connectivity index (χ0) is 14.0. The molecule has 1 aromatic carbocycles. The van der Waals surface area contributed by atoms with Gasteiger partial charge in [-0.2, -0.15) is 0 Å². The van der Waals surface area contributed by atoms with Gasteiger partial charge >= 0.3 is 0 Å². The van der Waals surface area contributed by atoms with Crippen LogP contribution in [0.5, 0.6) is 0 Å². The maximum atomic E-state index is 11.1. The Hall–Kier alpha value is -1.62. The Morgan fingerprint density at radius 3 is 2.63 bits per heavy atom. The van der Waals surface area contributed by atoms with Gasteiger partial charge < -0.3 is 0 Å². The average molecular weight is 275 g/mol. The number of nitrogens with zero attached hydrogens (tertiary/aromatic N) is 3. The van der Waals surface area contributed by atoms with Gasteiger partial charge in [0.2, 0.25) is 0 Å². The minimum atomic E-state index is -0.199. The molecule has 1 heterocycles. The second-order valence-electron chi connectivity index (χ2n) is 5.30. The molecule has 0 bridgehead atoms. The fourth-order valence-corrected chi connectivity index (χ4v) is 2.45. The maximum absolute atomic E-state index is 11.1. The number of carbonyl (C=O) groups is 1. The number of hydrogen-bond donors (Lipinski definition) is 0.